The Kier molecular flexibility index (Phi) is 2.99. The zero-order valence-electron chi connectivity index (χ0n) is 6.58. The molecule has 0 aliphatic heterocycles. The van der Waals surface area contributed by atoms with Gasteiger partial charge in [0, 0.05) is 0 Å². The highest BCUT2D eigenvalue weighted by atomic mass is 16.5. The van der Waals surface area contributed by atoms with Gasteiger partial charge >= 0.3 is 7.48 Å². The van der Waals surface area contributed by atoms with Crippen molar-refractivity contribution in [2.45, 2.75) is 6.92 Å². The Labute approximate surface area is 67.1 Å². The lowest BCUT2D eigenvalue weighted by Gasteiger charge is -2.01. The molecule has 0 saturated heterocycles. The zero-order valence-corrected chi connectivity index (χ0v) is 6.58. The van der Waals surface area contributed by atoms with Gasteiger partial charge in [-0.2, -0.15) is 0 Å². The van der Waals surface area contributed by atoms with Gasteiger partial charge in [0.05, 0.1) is 6.61 Å². The zero-order chi connectivity index (χ0) is 8.10. The molecule has 58 valence electrons. The molecule has 0 bridgehead atoms. The summed E-state index contributed by atoms with van der Waals surface area (Å²) in [5, 5.41) is 8.72. The van der Waals surface area contributed by atoms with Gasteiger partial charge in [-0.1, -0.05) is 17.6 Å². The van der Waals surface area contributed by atoms with Crippen molar-refractivity contribution in [3.8, 4) is 5.75 Å². The number of benzene rings is 1. The average Bonchev–Trinajstić information content (AvgIpc) is 2.07. The van der Waals surface area contributed by atoms with Crippen LogP contribution in [0.1, 0.15) is 6.92 Å². The molecule has 0 spiro atoms. The fourth-order valence-corrected chi connectivity index (χ4v) is 0.858. The number of hydrogen-bond acceptors (Lipinski definition) is 2. The fraction of sp³-hybridized carbons (Fsp3) is 0.250. The molecule has 11 heavy (non-hydrogen) atoms. The van der Waals surface area contributed by atoms with Crippen LogP contribution >= 0.6 is 0 Å². The number of rotatable bonds is 3. The second-order valence-corrected chi connectivity index (χ2v) is 2.24. The minimum Gasteiger partial charge on any atom is -0.494 e. The molecule has 0 aliphatic rings. The van der Waals surface area contributed by atoms with Crippen LogP contribution in [-0.2, 0) is 0 Å². The second-order valence-electron chi connectivity index (χ2n) is 2.24. The van der Waals surface area contributed by atoms with Crippen molar-refractivity contribution in [2.75, 3.05) is 6.61 Å². The molecule has 1 N–H and O–H groups in total. The molecule has 0 saturated carbocycles. The Morgan fingerprint density at radius 2 is 2.00 bits per heavy atom. The first-order valence-electron chi connectivity index (χ1n) is 3.69. The topological polar surface area (TPSA) is 29.5 Å². The van der Waals surface area contributed by atoms with Gasteiger partial charge < -0.3 is 9.76 Å². The Morgan fingerprint density at radius 3 is 2.45 bits per heavy atom. The standard InChI is InChI=1S/C8H11BO2/c1-2-11-8-5-3-7(9-10)4-6-8/h3-6,9-10H,2H2,1H3. The van der Waals surface area contributed by atoms with E-state index in [9.17, 15) is 0 Å². The van der Waals surface area contributed by atoms with Crippen LogP contribution in [0.4, 0.5) is 0 Å². The highest BCUT2D eigenvalue weighted by Gasteiger charge is 1.93. The normalized spacial score (nSPS) is 9.27. The minimum absolute atomic E-state index is 0.0897. The lowest BCUT2D eigenvalue weighted by Crippen LogP contribution is -2.12. The van der Waals surface area contributed by atoms with Crippen molar-refractivity contribution in [3.05, 3.63) is 24.3 Å². The molecule has 0 aliphatic carbocycles. The van der Waals surface area contributed by atoms with Gasteiger partial charge in [-0.25, -0.2) is 0 Å². The Bertz CT molecular complexity index is 208. The summed E-state index contributed by atoms with van der Waals surface area (Å²) in [5.74, 6) is 0.852. The summed E-state index contributed by atoms with van der Waals surface area (Å²) in [5.41, 5.74) is 0.911. The highest BCUT2D eigenvalue weighted by molar-refractivity contribution is 6.45. The second kappa shape index (κ2) is 4.03. The van der Waals surface area contributed by atoms with Crippen LogP contribution in [0, 0.1) is 0 Å². The Balaban J connectivity index is 2.66. The summed E-state index contributed by atoms with van der Waals surface area (Å²) >= 11 is 0. The van der Waals surface area contributed by atoms with Gasteiger partial charge in [-0.3, -0.25) is 0 Å². The molecular formula is C8H11BO2. The molecule has 1 aromatic rings. The molecule has 0 fully saturated rings. The summed E-state index contributed by atoms with van der Waals surface area (Å²) in [6.07, 6.45) is 0. The molecule has 0 unspecified atom stereocenters. The molecule has 1 rings (SSSR count). The fourth-order valence-electron chi connectivity index (χ4n) is 0.858. The molecule has 0 aromatic heterocycles. The third kappa shape index (κ3) is 2.28. The predicted molar refractivity (Wildman–Crippen MR) is 46.6 cm³/mol. The van der Waals surface area contributed by atoms with Gasteiger partial charge in [0.2, 0.25) is 0 Å². The molecule has 1 aromatic carbocycles. The summed E-state index contributed by atoms with van der Waals surface area (Å²) in [6, 6.07) is 7.42. The first-order chi connectivity index (χ1) is 5.36. The largest absolute Gasteiger partial charge is 0.494 e. The molecule has 0 amide bonds. The summed E-state index contributed by atoms with van der Waals surface area (Å²) < 4.78 is 5.22. The molecule has 3 heteroatoms. The van der Waals surface area contributed by atoms with Crippen LogP contribution in [0.3, 0.4) is 0 Å². The Morgan fingerprint density at radius 1 is 1.36 bits per heavy atom. The third-order valence-electron chi connectivity index (χ3n) is 1.42. The molecule has 0 atom stereocenters. The summed E-state index contributed by atoms with van der Waals surface area (Å²) in [4.78, 5) is 0. The maximum atomic E-state index is 8.72. The van der Waals surface area contributed by atoms with Crippen LogP contribution in [-0.4, -0.2) is 19.1 Å². The van der Waals surface area contributed by atoms with E-state index in [-0.39, 0.29) is 7.48 Å². The van der Waals surface area contributed by atoms with E-state index in [4.69, 9.17) is 9.76 Å². The summed E-state index contributed by atoms with van der Waals surface area (Å²) in [6.45, 7) is 2.62. The van der Waals surface area contributed by atoms with Gasteiger partial charge in [0.1, 0.15) is 5.75 Å². The van der Waals surface area contributed by atoms with E-state index in [2.05, 4.69) is 0 Å². The van der Waals surface area contributed by atoms with E-state index in [0.29, 0.717) is 6.61 Å². The van der Waals surface area contributed by atoms with Crippen LogP contribution < -0.4 is 10.2 Å². The van der Waals surface area contributed by atoms with E-state index in [1.54, 1.807) is 0 Å². The first kappa shape index (κ1) is 8.14. The van der Waals surface area contributed by atoms with Crippen molar-refractivity contribution in [1.82, 2.24) is 0 Å². The lowest BCUT2D eigenvalue weighted by molar-refractivity contribution is 0.340. The molecule has 0 radical (unpaired) electrons. The molecule has 0 heterocycles. The van der Waals surface area contributed by atoms with Gasteiger partial charge in [-0.15, -0.1) is 0 Å². The molecule has 2 nitrogen and oxygen atoms in total. The quantitative estimate of drug-likeness (QED) is 0.617. The van der Waals surface area contributed by atoms with Gasteiger partial charge in [0.15, 0.2) is 0 Å². The van der Waals surface area contributed by atoms with E-state index in [1.165, 1.54) is 0 Å². The summed E-state index contributed by atoms with van der Waals surface area (Å²) in [7, 11) is 0.0897. The highest BCUT2D eigenvalue weighted by Crippen LogP contribution is 2.06. The minimum atomic E-state index is 0.0897. The first-order valence-corrected chi connectivity index (χ1v) is 3.69. The number of hydrogen-bond donors (Lipinski definition) is 1. The van der Waals surface area contributed by atoms with Crippen LogP contribution in [0.5, 0.6) is 5.75 Å². The van der Waals surface area contributed by atoms with Crippen LogP contribution in [0.15, 0.2) is 24.3 Å². The SMILES string of the molecule is CCOc1ccc(BO)cc1. The lowest BCUT2D eigenvalue weighted by atomic mass is 9.89. The van der Waals surface area contributed by atoms with Crippen molar-refractivity contribution >= 4 is 12.9 Å². The predicted octanol–water partition coefficient (Wildman–Crippen LogP) is 0.0544. The smallest absolute Gasteiger partial charge is 0.304 e. The van der Waals surface area contributed by atoms with Crippen molar-refractivity contribution in [1.29, 1.82) is 0 Å². The van der Waals surface area contributed by atoms with Crippen LogP contribution in [0.2, 0.25) is 0 Å². The third-order valence-corrected chi connectivity index (χ3v) is 1.42. The molecular weight excluding hydrogens is 139 g/mol. The Hall–Kier alpha value is -0.955. The average molecular weight is 150 g/mol. The van der Waals surface area contributed by atoms with Gasteiger partial charge in [0.25, 0.3) is 0 Å². The number of ether oxygens (including phenoxy) is 1. The van der Waals surface area contributed by atoms with Crippen molar-refractivity contribution in [2.24, 2.45) is 0 Å². The van der Waals surface area contributed by atoms with E-state index >= 15 is 0 Å². The maximum Gasteiger partial charge on any atom is 0.304 e. The van der Waals surface area contributed by atoms with E-state index in [1.807, 2.05) is 31.2 Å². The van der Waals surface area contributed by atoms with E-state index in [0.717, 1.165) is 11.2 Å². The van der Waals surface area contributed by atoms with Crippen molar-refractivity contribution in [3.63, 3.8) is 0 Å². The van der Waals surface area contributed by atoms with Gasteiger partial charge in [-0.05, 0) is 19.1 Å². The monoisotopic (exact) mass is 150 g/mol. The van der Waals surface area contributed by atoms with Crippen molar-refractivity contribution < 1.29 is 9.76 Å². The van der Waals surface area contributed by atoms with E-state index < -0.39 is 0 Å². The maximum absolute atomic E-state index is 8.72. The van der Waals surface area contributed by atoms with Crippen LogP contribution in [0.25, 0.3) is 0 Å².